The predicted molar refractivity (Wildman–Crippen MR) is 105 cm³/mol. The first-order chi connectivity index (χ1) is 12.9. The summed E-state index contributed by atoms with van der Waals surface area (Å²) in [6, 6.07) is 13.3. The molecule has 0 fully saturated rings. The van der Waals surface area contributed by atoms with E-state index in [0.29, 0.717) is 27.8 Å². The Kier molecular flexibility index (Phi) is 8.10. The van der Waals surface area contributed by atoms with Gasteiger partial charge in [-0.2, -0.15) is 0 Å². The molecule has 0 aliphatic rings. The first kappa shape index (κ1) is 20.7. The Bertz CT molecular complexity index is 810. The second kappa shape index (κ2) is 10.5. The fourth-order valence-electron chi connectivity index (χ4n) is 2.13. The van der Waals surface area contributed by atoms with Crippen molar-refractivity contribution in [1.29, 1.82) is 0 Å². The van der Waals surface area contributed by atoms with Crippen molar-refractivity contribution in [1.82, 2.24) is 0 Å². The summed E-state index contributed by atoms with van der Waals surface area (Å²) >= 11 is 11.6. The first-order valence-corrected chi connectivity index (χ1v) is 8.94. The SMILES string of the molecule is O=C(CCCC(=O)OCC(=O)Nc1ccc(Cl)cc1)Nc1cccc(Cl)c1. The summed E-state index contributed by atoms with van der Waals surface area (Å²) in [5.41, 5.74) is 1.15. The Morgan fingerprint density at radius 2 is 1.52 bits per heavy atom. The van der Waals surface area contributed by atoms with Gasteiger partial charge in [-0.1, -0.05) is 29.3 Å². The zero-order valence-electron chi connectivity index (χ0n) is 14.3. The van der Waals surface area contributed by atoms with Crippen LogP contribution in [0.1, 0.15) is 19.3 Å². The highest BCUT2D eigenvalue weighted by atomic mass is 35.5. The number of carbonyl (C=O) groups excluding carboxylic acids is 3. The van der Waals surface area contributed by atoms with Crippen molar-refractivity contribution < 1.29 is 19.1 Å². The van der Waals surface area contributed by atoms with Crippen LogP contribution in [0.4, 0.5) is 11.4 Å². The molecule has 6 nitrogen and oxygen atoms in total. The maximum Gasteiger partial charge on any atom is 0.306 e. The van der Waals surface area contributed by atoms with Crippen LogP contribution in [0.2, 0.25) is 10.0 Å². The molecule has 0 atom stereocenters. The van der Waals surface area contributed by atoms with Gasteiger partial charge in [-0.25, -0.2) is 0 Å². The molecule has 2 N–H and O–H groups in total. The van der Waals surface area contributed by atoms with Gasteiger partial charge in [0.05, 0.1) is 0 Å². The minimum atomic E-state index is -0.545. The van der Waals surface area contributed by atoms with Crippen molar-refractivity contribution in [3.63, 3.8) is 0 Å². The molecular weight excluding hydrogens is 391 g/mol. The van der Waals surface area contributed by atoms with Gasteiger partial charge in [-0.15, -0.1) is 0 Å². The van der Waals surface area contributed by atoms with Crippen LogP contribution >= 0.6 is 23.2 Å². The van der Waals surface area contributed by atoms with Gasteiger partial charge in [0.25, 0.3) is 5.91 Å². The summed E-state index contributed by atoms with van der Waals surface area (Å²) < 4.78 is 4.89. The Morgan fingerprint density at radius 3 is 2.22 bits per heavy atom. The second-order valence-corrected chi connectivity index (χ2v) is 6.50. The molecule has 0 bridgehead atoms. The van der Waals surface area contributed by atoms with Crippen LogP contribution < -0.4 is 10.6 Å². The Labute approximate surface area is 166 Å². The smallest absolute Gasteiger partial charge is 0.306 e. The molecule has 0 heterocycles. The van der Waals surface area contributed by atoms with Crippen molar-refractivity contribution in [2.75, 3.05) is 17.2 Å². The summed E-state index contributed by atoms with van der Waals surface area (Å²) in [6.07, 6.45) is 0.500. The maximum absolute atomic E-state index is 11.8. The van der Waals surface area contributed by atoms with E-state index in [9.17, 15) is 14.4 Å². The lowest BCUT2D eigenvalue weighted by atomic mass is 10.2. The number of hydrogen-bond acceptors (Lipinski definition) is 4. The number of anilines is 2. The van der Waals surface area contributed by atoms with E-state index in [1.807, 2.05) is 0 Å². The summed E-state index contributed by atoms with van der Waals surface area (Å²) in [5, 5.41) is 6.35. The number of rotatable bonds is 8. The molecule has 0 aromatic heterocycles. The molecular formula is C19H18Cl2N2O4. The molecule has 0 saturated carbocycles. The fraction of sp³-hybridized carbons (Fsp3) is 0.211. The number of nitrogens with one attached hydrogen (secondary N) is 2. The summed E-state index contributed by atoms with van der Waals surface area (Å²) in [4.78, 5) is 35.2. The molecule has 142 valence electrons. The average molecular weight is 409 g/mol. The molecule has 0 radical (unpaired) electrons. The Hall–Kier alpha value is -2.57. The van der Waals surface area contributed by atoms with Gasteiger partial charge in [0, 0.05) is 34.3 Å². The van der Waals surface area contributed by atoms with E-state index in [4.69, 9.17) is 27.9 Å². The largest absolute Gasteiger partial charge is 0.456 e. The van der Waals surface area contributed by atoms with Crippen LogP contribution in [-0.4, -0.2) is 24.4 Å². The van der Waals surface area contributed by atoms with Crippen LogP contribution in [0.5, 0.6) is 0 Å². The molecule has 0 spiro atoms. The molecule has 8 heteroatoms. The monoisotopic (exact) mass is 408 g/mol. The first-order valence-electron chi connectivity index (χ1n) is 8.19. The maximum atomic E-state index is 11.8. The van der Waals surface area contributed by atoms with Gasteiger partial charge in [0.15, 0.2) is 6.61 Å². The number of ether oxygens (including phenoxy) is 1. The van der Waals surface area contributed by atoms with E-state index in [2.05, 4.69) is 10.6 Å². The van der Waals surface area contributed by atoms with Crippen molar-refractivity contribution >= 4 is 52.4 Å². The van der Waals surface area contributed by atoms with Crippen molar-refractivity contribution in [2.45, 2.75) is 19.3 Å². The van der Waals surface area contributed by atoms with Crippen molar-refractivity contribution in [3.05, 3.63) is 58.6 Å². The molecule has 0 aliphatic carbocycles. The van der Waals surface area contributed by atoms with Crippen molar-refractivity contribution in [2.24, 2.45) is 0 Å². The minimum absolute atomic E-state index is 0.0389. The normalized spacial score (nSPS) is 10.1. The number of esters is 1. The van der Waals surface area contributed by atoms with Crippen LogP contribution in [0.15, 0.2) is 48.5 Å². The predicted octanol–water partition coefficient (Wildman–Crippen LogP) is 4.28. The molecule has 2 amide bonds. The number of carbonyl (C=O) groups is 3. The molecule has 2 aromatic rings. The topological polar surface area (TPSA) is 84.5 Å². The standard InChI is InChI=1S/C19H18Cl2N2O4/c20-13-7-9-15(10-8-13)22-18(25)12-27-19(26)6-2-5-17(24)23-16-4-1-3-14(21)11-16/h1,3-4,7-11H,2,5-6,12H2,(H,22,25)(H,23,24). The summed E-state index contributed by atoms with van der Waals surface area (Å²) in [7, 11) is 0. The van der Waals surface area contributed by atoms with E-state index in [-0.39, 0.29) is 18.7 Å². The van der Waals surface area contributed by atoms with Crippen LogP contribution in [0.3, 0.4) is 0 Å². The fourth-order valence-corrected chi connectivity index (χ4v) is 2.45. The van der Waals surface area contributed by atoms with E-state index >= 15 is 0 Å². The van der Waals surface area contributed by atoms with Crippen LogP contribution in [-0.2, 0) is 19.1 Å². The van der Waals surface area contributed by atoms with Crippen molar-refractivity contribution in [3.8, 4) is 0 Å². The van der Waals surface area contributed by atoms with Gasteiger partial charge in [-0.05, 0) is 48.9 Å². The zero-order chi connectivity index (χ0) is 19.6. The van der Waals surface area contributed by atoms with Gasteiger partial charge in [-0.3, -0.25) is 14.4 Å². The highest BCUT2D eigenvalue weighted by molar-refractivity contribution is 6.31. The van der Waals surface area contributed by atoms with Gasteiger partial charge < -0.3 is 15.4 Å². The third-order valence-corrected chi connectivity index (χ3v) is 3.87. The van der Waals surface area contributed by atoms with Gasteiger partial charge >= 0.3 is 5.97 Å². The number of benzene rings is 2. The third-order valence-electron chi connectivity index (χ3n) is 3.39. The average Bonchev–Trinajstić information content (AvgIpc) is 2.62. The Morgan fingerprint density at radius 1 is 0.815 bits per heavy atom. The Balaban J connectivity index is 1.62. The molecule has 0 aliphatic heterocycles. The van der Waals surface area contributed by atoms with E-state index in [1.165, 1.54) is 0 Å². The van der Waals surface area contributed by atoms with Gasteiger partial charge in [0.2, 0.25) is 5.91 Å². The summed E-state index contributed by atoms with van der Waals surface area (Å²) in [5.74, 6) is -1.23. The quantitative estimate of drug-likeness (QED) is 0.638. The number of amides is 2. The lowest BCUT2D eigenvalue weighted by Gasteiger charge is -2.07. The lowest BCUT2D eigenvalue weighted by Crippen LogP contribution is -2.21. The van der Waals surface area contributed by atoms with Crippen LogP contribution in [0, 0.1) is 0 Å². The molecule has 27 heavy (non-hydrogen) atoms. The number of hydrogen-bond donors (Lipinski definition) is 2. The number of halogens is 2. The van der Waals surface area contributed by atoms with E-state index < -0.39 is 18.5 Å². The minimum Gasteiger partial charge on any atom is -0.456 e. The zero-order valence-corrected chi connectivity index (χ0v) is 15.8. The van der Waals surface area contributed by atoms with E-state index in [0.717, 1.165) is 0 Å². The molecule has 2 aromatic carbocycles. The molecule has 2 rings (SSSR count). The third kappa shape index (κ3) is 8.11. The second-order valence-electron chi connectivity index (χ2n) is 5.63. The van der Waals surface area contributed by atoms with Gasteiger partial charge in [0.1, 0.15) is 0 Å². The summed E-state index contributed by atoms with van der Waals surface area (Å²) in [6.45, 7) is -0.393. The molecule has 0 saturated heterocycles. The molecule has 0 unspecified atom stereocenters. The lowest BCUT2D eigenvalue weighted by molar-refractivity contribution is -0.147. The van der Waals surface area contributed by atoms with E-state index in [1.54, 1.807) is 48.5 Å². The highest BCUT2D eigenvalue weighted by Gasteiger charge is 2.10. The highest BCUT2D eigenvalue weighted by Crippen LogP contribution is 2.15. The van der Waals surface area contributed by atoms with Crippen LogP contribution in [0.25, 0.3) is 0 Å².